The minimum atomic E-state index is -4.73. The molecule has 0 aliphatic heterocycles. The normalized spacial score (nSPS) is 11.9. The van der Waals surface area contributed by atoms with Crippen LogP contribution in [0.15, 0.2) is 30.5 Å². The summed E-state index contributed by atoms with van der Waals surface area (Å²) in [5.74, 6) is -0.937. The number of aromatic nitrogens is 5. The summed E-state index contributed by atoms with van der Waals surface area (Å²) in [6, 6.07) is 5.83. The number of nitrogens with zero attached hydrogens (tertiary/aromatic N) is 5. The Morgan fingerprint density at radius 2 is 1.79 bits per heavy atom. The Labute approximate surface area is 204 Å². The first-order valence-electron chi connectivity index (χ1n) is 9.05. The molecule has 33 heavy (non-hydrogen) atoms. The van der Waals surface area contributed by atoms with E-state index in [4.69, 9.17) is 46.4 Å². The average Bonchev–Trinajstić information content (AvgIpc) is 3.23. The molecule has 0 spiro atoms. The van der Waals surface area contributed by atoms with E-state index in [1.165, 1.54) is 17.8 Å². The smallest absolute Gasteiger partial charge is 0.302 e. The SMILES string of the molecule is Cc1cc(C(F)(F)F)n2nc(C(=O)Nc3nn(Cc4ccc(Cl)c(Cl)c4)cc3Cl)c(Cl)c2n1. The van der Waals surface area contributed by atoms with E-state index in [1.54, 1.807) is 18.2 Å². The number of hydrogen-bond acceptors (Lipinski definition) is 4. The van der Waals surface area contributed by atoms with Gasteiger partial charge in [0.05, 0.1) is 16.6 Å². The highest BCUT2D eigenvalue weighted by molar-refractivity contribution is 6.42. The molecule has 0 unspecified atom stereocenters. The van der Waals surface area contributed by atoms with E-state index in [-0.39, 0.29) is 33.7 Å². The first kappa shape index (κ1) is 23.6. The van der Waals surface area contributed by atoms with Crippen LogP contribution in [-0.4, -0.2) is 30.3 Å². The van der Waals surface area contributed by atoms with Crippen molar-refractivity contribution in [1.29, 1.82) is 0 Å². The van der Waals surface area contributed by atoms with Crippen LogP contribution in [0.25, 0.3) is 5.65 Å². The van der Waals surface area contributed by atoms with Gasteiger partial charge >= 0.3 is 6.18 Å². The van der Waals surface area contributed by atoms with Gasteiger partial charge in [-0.2, -0.15) is 23.4 Å². The molecular weight excluding hydrogens is 527 g/mol. The van der Waals surface area contributed by atoms with Gasteiger partial charge in [0.25, 0.3) is 5.91 Å². The average molecular weight is 538 g/mol. The van der Waals surface area contributed by atoms with Gasteiger partial charge < -0.3 is 5.32 Å². The topological polar surface area (TPSA) is 77.1 Å². The van der Waals surface area contributed by atoms with Crippen LogP contribution in [-0.2, 0) is 12.7 Å². The highest BCUT2D eigenvalue weighted by Gasteiger charge is 2.36. The number of hydrogen-bond donors (Lipinski definition) is 1. The molecule has 0 fully saturated rings. The molecule has 0 aliphatic rings. The number of halogens is 7. The van der Waals surface area contributed by atoms with E-state index < -0.39 is 23.5 Å². The van der Waals surface area contributed by atoms with Gasteiger partial charge in [-0.05, 0) is 30.7 Å². The first-order valence-corrected chi connectivity index (χ1v) is 10.6. The molecule has 0 saturated heterocycles. The Morgan fingerprint density at radius 3 is 2.45 bits per heavy atom. The molecule has 4 aromatic rings. The van der Waals surface area contributed by atoms with Gasteiger partial charge in [-0.1, -0.05) is 52.5 Å². The fourth-order valence-electron chi connectivity index (χ4n) is 3.01. The van der Waals surface area contributed by atoms with E-state index in [1.807, 2.05) is 0 Å². The van der Waals surface area contributed by atoms with Crippen LogP contribution in [0.2, 0.25) is 20.1 Å². The lowest BCUT2D eigenvalue weighted by molar-refractivity contribution is -0.142. The Bertz CT molecular complexity index is 1400. The summed E-state index contributed by atoms with van der Waals surface area (Å²) in [4.78, 5) is 16.7. The molecule has 172 valence electrons. The molecule has 0 bridgehead atoms. The second-order valence-corrected chi connectivity index (χ2v) is 8.50. The van der Waals surface area contributed by atoms with Crippen LogP contribution in [0.1, 0.15) is 27.4 Å². The zero-order valence-electron chi connectivity index (χ0n) is 16.4. The number of benzene rings is 1. The van der Waals surface area contributed by atoms with Gasteiger partial charge in [0.2, 0.25) is 0 Å². The summed E-state index contributed by atoms with van der Waals surface area (Å²) in [6.07, 6.45) is -3.28. The van der Waals surface area contributed by atoms with Crippen molar-refractivity contribution in [3.63, 3.8) is 0 Å². The van der Waals surface area contributed by atoms with E-state index in [0.717, 1.165) is 11.6 Å². The number of amides is 1. The van der Waals surface area contributed by atoms with Crippen LogP contribution in [0.4, 0.5) is 19.0 Å². The van der Waals surface area contributed by atoms with Crippen LogP contribution >= 0.6 is 46.4 Å². The van der Waals surface area contributed by atoms with Gasteiger partial charge in [0.15, 0.2) is 17.2 Å². The molecule has 0 saturated carbocycles. The van der Waals surface area contributed by atoms with Crippen LogP contribution < -0.4 is 5.32 Å². The van der Waals surface area contributed by atoms with Gasteiger partial charge in [-0.15, -0.1) is 0 Å². The molecule has 1 aromatic carbocycles. The number of nitrogens with one attached hydrogen (secondary N) is 1. The van der Waals surface area contributed by atoms with Gasteiger partial charge in [0, 0.05) is 11.9 Å². The molecule has 1 N–H and O–H groups in total. The van der Waals surface area contributed by atoms with E-state index in [9.17, 15) is 18.0 Å². The number of alkyl halides is 3. The summed E-state index contributed by atoms with van der Waals surface area (Å²) in [7, 11) is 0. The number of aryl methyl sites for hydroxylation is 1. The van der Waals surface area contributed by atoms with Crippen molar-refractivity contribution in [2.45, 2.75) is 19.6 Å². The number of anilines is 1. The van der Waals surface area contributed by atoms with Crippen molar-refractivity contribution in [1.82, 2.24) is 24.4 Å². The Hall–Kier alpha value is -2.53. The zero-order valence-corrected chi connectivity index (χ0v) is 19.4. The standard InChI is InChI=1S/C19H11Cl4F3N6O/c1-8-4-13(19(24,25)26)32-17(27-8)14(23)15(29-32)18(33)28-16-12(22)7-31(30-16)6-9-2-3-10(20)11(21)5-9/h2-5,7H,6H2,1H3,(H,28,30,33). The summed E-state index contributed by atoms with van der Waals surface area (Å²) in [5, 5.41) is 10.8. The van der Waals surface area contributed by atoms with Gasteiger partial charge in [0.1, 0.15) is 15.7 Å². The first-order chi connectivity index (χ1) is 15.4. The second-order valence-electron chi connectivity index (χ2n) is 6.90. The molecule has 14 heteroatoms. The third-order valence-corrected chi connectivity index (χ3v) is 5.81. The van der Waals surface area contributed by atoms with Crippen molar-refractivity contribution >= 4 is 63.8 Å². The van der Waals surface area contributed by atoms with E-state index in [2.05, 4.69) is 20.5 Å². The molecule has 0 radical (unpaired) electrons. The number of carbonyl (C=O) groups is 1. The monoisotopic (exact) mass is 536 g/mol. The third kappa shape index (κ3) is 4.74. The summed E-state index contributed by atoms with van der Waals surface area (Å²) >= 11 is 24.2. The highest BCUT2D eigenvalue weighted by atomic mass is 35.5. The Kier molecular flexibility index (Phi) is 6.21. The fourth-order valence-corrected chi connectivity index (χ4v) is 3.78. The molecule has 0 atom stereocenters. The zero-order chi connectivity index (χ0) is 24.1. The lowest BCUT2D eigenvalue weighted by atomic mass is 10.2. The maximum atomic E-state index is 13.4. The quantitative estimate of drug-likeness (QED) is 0.338. The van der Waals surface area contributed by atoms with Crippen molar-refractivity contribution in [3.8, 4) is 0 Å². The second kappa shape index (κ2) is 8.68. The van der Waals surface area contributed by atoms with Gasteiger partial charge in [-0.25, -0.2) is 9.50 Å². The number of rotatable bonds is 4. The van der Waals surface area contributed by atoms with Crippen molar-refractivity contribution in [2.75, 3.05) is 5.32 Å². The number of fused-ring (bicyclic) bond motifs is 1. The fraction of sp³-hybridized carbons (Fsp3) is 0.158. The predicted octanol–water partition coefficient (Wildman–Crippen LogP) is 6.17. The lowest BCUT2D eigenvalue weighted by Crippen LogP contribution is -2.16. The van der Waals surface area contributed by atoms with E-state index in [0.29, 0.717) is 14.6 Å². The third-order valence-electron chi connectivity index (χ3n) is 4.44. The lowest BCUT2D eigenvalue weighted by Gasteiger charge is -2.09. The van der Waals surface area contributed by atoms with E-state index >= 15 is 0 Å². The Morgan fingerprint density at radius 1 is 1.06 bits per heavy atom. The van der Waals surface area contributed by atoms with Crippen LogP contribution in [0.5, 0.6) is 0 Å². The maximum absolute atomic E-state index is 13.4. The molecule has 1 amide bonds. The molecule has 3 heterocycles. The van der Waals surface area contributed by atoms with Crippen molar-refractivity contribution < 1.29 is 18.0 Å². The number of carbonyl (C=O) groups excluding carboxylic acids is 1. The van der Waals surface area contributed by atoms with Gasteiger partial charge in [-0.3, -0.25) is 9.48 Å². The molecule has 7 nitrogen and oxygen atoms in total. The molecular formula is C19H11Cl4F3N6O. The largest absolute Gasteiger partial charge is 0.433 e. The predicted molar refractivity (Wildman–Crippen MR) is 118 cm³/mol. The Balaban J connectivity index is 1.62. The summed E-state index contributed by atoms with van der Waals surface area (Å²) in [6.45, 7) is 1.64. The molecule has 3 aromatic heterocycles. The van der Waals surface area contributed by atoms with Crippen molar-refractivity contribution in [3.05, 3.63) is 73.2 Å². The minimum Gasteiger partial charge on any atom is -0.302 e. The van der Waals surface area contributed by atoms with Crippen LogP contribution in [0.3, 0.4) is 0 Å². The summed E-state index contributed by atoms with van der Waals surface area (Å²) < 4.78 is 42.1. The molecule has 4 rings (SSSR count). The molecule has 0 aliphatic carbocycles. The van der Waals surface area contributed by atoms with Crippen LogP contribution in [0, 0.1) is 6.92 Å². The highest BCUT2D eigenvalue weighted by Crippen LogP contribution is 2.32. The maximum Gasteiger partial charge on any atom is 0.433 e. The minimum absolute atomic E-state index is 0.0324. The van der Waals surface area contributed by atoms with Crippen molar-refractivity contribution in [2.24, 2.45) is 0 Å². The summed E-state index contributed by atoms with van der Waals surface area (Å²) in [5.41, 5.74) is -1.05.